The van der Waals surface area contributed by atoms with Crippen molar-refractivity contribution in [1.29, 1.82) is 0 Å². The molecule has 0 fully saturated rings. The highest BCUT2D eigenvalue weighted by atomic mass is 14.0. The standard InChI is InChI=1S/C7H16.C7H14.C3H8.2C2H6/c2*1-4-6-7(3)5-2;1-3-2;2*1-2/h7H,4-6H2,1-3H3;4,6-7H,5H2,1-3H3;3H2,1-2H3;2*1-2H3/b;6-4-;;;. The highest BCUT2D eigenvalue weighted by Gasteiger charge is 1.92. The maximum atomic E-state index is 2.31. The molecule has 0 aliphatic rings. The van der Waals surface area contributed by atoms with Gasteiger partial charge in [0.05, 0.1) is 0 Å². The molecule has 0 aromatic heterocycles. The molecule has 21 heavy (non-hydrogen) atoms. The second kappa shape index (κ2) is 42.7. The molecule has 0 amide bonds. The first kappa shape index (κ1) is 32.6. The van der Waals surface area contributed by atoms with Crippen LogP contribution in [0.4, 0.5) is 0 Å². The second-order valence-corrected chi connectivity index (χ2v) is 4.92. The fraction of sp³-hybridized carbons (Fsp3) is 0.905. The Morgan fingerprint density at radius 1 is 0.762 bits per heavy atom. The Bertz CT molecular complexity index is 124. The van der Waals surface area contributed by atoms with Crippen LogP contribution in [-0.4, -0.2) is 0 Å². The van der Waals surface area contributed by atoms with Gasteiger partial charge in [-0.15, -0.1) is 0 Å². The van der Waals surface area contributed by atoms with Crippen molar-refractivity contribution in [1.82, 2.24) is 0 Å². The average Bonchev–Trinajstić information content (AvgIpc) is 2.53. The fourth-order valence-corrected chi connectivity index (χ4v) is 1.16. The van der Waals surface area contributed by atoms with Crippen LogP contribution >= 0.6 is 0 Å². The van der Waals surface area contributed by atoms with E-state index in [2.05, 4.69) is 67.5 Å². The lowest BCUT2D eigenvalue weighted by Crippen LogP contribution is -1.88. The molecule has 2 unspecified atom stereocenters. The van der Waals surface area contributed by atoms with Gasteiger partial charge in [-0.1, -0.05) is 120 Å². The van der Waals surface area contributed by atoms with Crippen LogP contribution in [-0.2, 0) is 0 Å². The molecule has 0 aliphatic carbocycles. The predicted molar refractivity (Wildman–Crippen MR) is 107 cm³/mol. The van der Waals surface area contributed by atoms with Crippen molar-refractivity contribution in [2.45, 2.75) is 115 Å². The smallest absolute Gasteiger partial charge is 0.0265 e. The van der Waals surface area contributed by atoms with Crippen molar-refractivity contribution in [3.63, 3.8) is 0 Å². The van der Waals surface area contributed by atoms with Gasteiger partial charge in [-0.2, -0.15) is 0 Å². The minimum Gasteiger partial charge on any atom is -0.0914 e. The van der Waals surface area contributed by atoms with Crippen molar-refractivity contribution < 1.29 is 0 Å². The molecule has 0 heteroatoms. The highest BCUT2D eigenvalue weighted by molar-refractivity contribution is 4.81. The zero-order valence-corrected chi connectivity index (χ0v) is 17.8. The summed E-state index contributed by atoms with van der Waals surface area (Å²) in [5.41, 5.74) is 0. The van der Waals surface area contributed by atoms with E-state index in [-0.39, 0.29) is 0 Å². The van der Waals surface area contributed by atoms with Crippen LogP contribution in [0, 0.1) is 11.8 Å². The van der Waals surface area contributed by atoms with E-state index < -0.39 is 0 Å². The number of rotatable bonds is 5. The molecule has 0 aliphatic heterocycles. The summed E-state index contributed by atoms with van der Waals surface area (Å²) in [6.07, 6.45) is 10.9. The normalized spacial score (nSPS) is 11.2. The van der Waals surface area contributed by atoms with Crippen molar-refractivity contribution >= 4 is 0 Å². The van der Waals surface area contributed by atoms with Crippen LogP contribution in [0.2, 0.25) is 0 Å². The third kappa shape index (κ3) is 65.5. The zero-order chi connectivity index (χ0) is 18.1. The summed E-state index contributed by atoms with van der Waals surface area (Å²) >= 11 is 0. The zero-order valence-electron chi connectivity index (χ0n) is 17.8. The van der Waals surface area contributed by atoms with Gasteiger partial charge >= 0.3 is 0 Å². The predicted octanol–water partition coefficient (Wildman–Crippen LogP) is 8.91. The molecule has 0 rings (SSSR count). The Morgan fingerprint density at radius 3 is 1.24 bits per heavy atom. The fourth-order valence-electron chi connectivity index (χ4n) is 1.16. The van der Waals surface area contributed by atoms with Gasteiger partial charge in [0.15, 0.2) is 0 Å². The van der Waals surface area contributed by atoms with Gasteiger partial charge < -0.3 is 0 Å². The summed E-state index contributed by atoms with van der Waals surface area (Å²) in [5.74, 6) is 1.72. The van der Waals surface area contributed by atoms with Gasteiger partial charge in [0, 0.05) is 0 Å². The van der Waals surface area contributed by atoms with Crippen molar-refractivity contribution in [3.8, 4) is 0 Å². The molecule has 134 valence electrons. The first-order chi connectivity index (χ1) is 10.0. The number of hydrogen-bond donors (Lipinski definition) is 0. The van der Waals surface area contributed by atoms with E-state index in [0.717, 1.165) is 11.8 Å². The minimum absolute atomic E-state index is 0.769. The monoisotopic (exact) mass is 302 g/mol. The van der Waals surface area contributed by atoms with E-state index in [4.69, 9.17) is 0 Å². The third-order valence-electron chi connectivity index (χ3n) is 2.64. The molecule has 0 aromatic carbocycles. The Balaban J connectivity index is -0.0000000573. The summed E-state index contributed by atoms with van der Waals surface area (Å²) < 4.78 is 0. The van der Waals surface area contributed by atoms with Gasteiger partial charge in [0.2, 0.25) is 0 Å². The Labute approximate surface area is 139 Å². The van der Waals surface area contributed by atoms with Crippen molar-refractivity contribution in [3.05, 3.63) is 12.2 Å². The van der Waals surface area contributed by atoms with Crippen LogP contribution in [0.3, 0.4) is 0 Å². The molecule has 0 bridgehead atoms. The van der Waals surface area contributed by atoms with E-state index in [1.54, 1.807) is 0 Å². The van der Waals surface area contributed by atoms with Gasteiger partial charge in [-0.05, 0) is 18.8 Å². The third-order valence-corrected chi connectivity index (χ3v) is 2.64. The quantitative estimate of drug-likeness (QED) is 0.445. The highest BCUT2D eigenvalue weighted by Crippen LogP contribution is 2.07. The number of allylic oxidation sites excluding steroid dienone is 2. The Kier molecular flexibility index (Phi) is 66.3. The van der Waals surface area contributed by atoms with Crippen LogP contribution in [0.1, 0.15) is 115 Å². The maximum absolute atomic E-state index is 2.31. The molecule has 0 saturated heterocycles. The van der Waals surface area contributed by atoms with E-state index in [1.807, 2.05) is 27.7 Å². The molecular weight excluding hydrogens is 252 g/mol. The Morgan fingerprint density at radius 2 is 1.14 bits per heavy atom. The largest absolute Gasteiger partial charge is 0.0914 e. The van der Waals surface area contributed by atoms with Gasteiger partial charge in [0.1, 0.15) is 0 Å². The van der Waals surface area contributed by atoms with Crippen LogP contribution in [0.15, 0.2) is 12.2 Å². The molecule has 2 atom stereocenters. The molecule has 0 N–H and O–H groups in total. The maximum Gasteiger partial charge on any atom is -0.0265 e. The lowest BCUT2D eigenvalue weighted by atomic mass is 10.0. The van der Waals surface area contributed by atoms with Crippen LogP contribution in [0.25, 0.3) is 0 Å². The van der Waals surface area contributed by atoms with E-state index in [0.29, 0.717) is 0 Å². The molecular formula is C21H50. The summed E-state index contributed by atoms with van der Waals surface area (Å²) in [5, 5.41) is 0. The van der Waals surface area contributed by atoms with Crippen LogP contribution in [0.5, 0.6) is 0 Å². The summed E-state index contributed by atoms with van der Waals surface area (Å²) in [7, 11) is 0. The summed E-state index contributed by atoms with van der Waals surface area (Å²) in [4.78, 5) is 0. The lowest BCUT2D eigenvalue weighted by molar-refractivity contribution is 0.509. The van der Waals surface area contributed by atoms with Crippen molar-refractivity contribution in [2.75, 3.05) is 0 Å². The van der Waals surface area contributed by atoms with E-state index in [9.17, 15) is 0 Å². The first-order valence-corrected chi connectivity index (χ1v) is 9.66. The minimum atomic E-state index is 0.769. The lowest BCUT2D eigenvalue weighted by Gasteiger charge is -2.02. The van der Waals surface area contributed by atoms with Crippen molar-refractivity contribution in [2.24, 2.45) is 11.8 Å². The van der Waals surface area contributed by atoms with Gasteiger partial charge in [0.25, 0.3) is 0 Å². The average molecular weight is 303 g/mol. The van der Waals surface area contributed by atoms with E-state index >= 15 is 0 Å². The molecule has 0 saturated carbocycles. The topological polar surface area (TPSA) is 0 Å². The molecule has 0 heterocycles. The summed E-state index contributed by atoms with van der Waals surface area (Å²) in [6, 6.07) is 0. The summed E-state index contributed by atoms with van der Waals surface area (Å²) in [6.45, 7) is 25.5. The first-order valence-electron chi connectivity index (χ1n) is 9.66. The molecule has 0 spiro atoms. The molecule has 0 aromatic rings. The van der Waals surface area contributed by atoms with E-state index in [1.165, 1.54) is 32.1 Å². The molecule has 0 nitrogen and oxygen atoms in total. The SMILES string of the molecule is C/C=C\C(C)CC.CC.CC.CCC.CCCC(C)CC. The number of hydrogen-bond acceptors (Lipinski definition) is 0. The Hall–Kier alpha value is -0.260. The van der Waals surface area contributed by atoms with Gasteiger partial charge in [-0.25, -0.2) is 0 Å². The second-order valence-electron chi connectivity index (χ2n) is 4.92. The van der Waals surface area contributed by atoms with Gasteiger partial charge in [-0.3, -0.25) is 0 Å². The molecule has 0 radical (unpaired) electrons. The van der Waals surface area contributed by atoms with Crippen LogP contribution < -0.4 is 0 Å².